The summed E-state index contributed by atoms with van der Waals surface area (Å²) in [5.41, 5.74) is 8.89. The van der Waals surface area contributed by atoms with E-state index >= 15 is 0 Å². The van der Waals surface area contributed by atoms with Gasteiger partial charge in [-0.2, -0.15) is 5.10 Å². The summed E-state index contributed by atoms with van der Waals surface area (Å²) >= 11 is 0. The van der Waals surface area contributed by atoms with Gasteiger partial charge in [0.05, 0.1) is 59.9 Å². The van der Waals surface area contributed by atoms with Crippen LogP contribution in [0.25, 0.3) is 39.5 Å². The maximum absolute atomic E-state index is 14.7. The summed E-state index contributed by atoms with van der Waals surface area (Å²) in [5.74, 6) is 0.168. The fourth-order valence-corrected chi connectivity index (χ4v) is 9.46. The van der Waals surface area contributed by atoms with Crippen LogP contribution in [-0.4, -0.2) is 82.1 Å². The third-order valence-electron chi connectivity index (χ3n) is 11.6. The van der Waals surface area contributed by atoms with Crippen LogP contribution in [-0.2, 0) is 21.3 Å². The van der Waals surface area contributed by atoms with Gasteiger partial charge in [0.25, 0.3) is 11.8 Å². The highest BCUT2D eigenvalue weighted by atomic mass is 32.2. The second kappa shape index (κ2) is 15.2. The van der Waals surface area contributed by atoms with Crippen LogP contribution < -0.4 is 9.46 Å². The van der Waals surface area contributed by atoms with E-state index in [0.29, 0.717) is 36.6 Å². The predicted octanol–water partition coefficient (Wildman–Crippen LogP) is 7.53. The predicted molar refractivity (Wildman–Crippen MR) is 221 cm³/mol. The molecular formula is C44H50N6O6S. The monoisotopic (exact) mass is 790 g/mol. The minimum Gasteiger partial charge on any atom is -0.497 e. The van der Waals surface area contributed by atoms with Crippen LogP contribution in [0.3, 0.4) is 0 Å². The van der Waals surface area contributed by atoms with Crippen molar-refractivity contribution in [1.82, 2.24) is 29.0 Å². The van der Waals surface area contributed by atoms with Crippen molar-refractivity contribution in [3.8, 4) is 22.7 Å². The first kappa shape index (κ1) is 38.6. The maximum atomic E-state index is 14.7. The molecule has 1 saturated carbocycles. The Hall–Kier alpha value is -5.27. The molecule has 57 heavy (non-hydrogen) atoms. The SMILES string of the molecule is COc1ccc2c(c1)C=C(c1c(C(=O)N3C[C@@H](C)O[C@@H](C)C3)cnn1-c1ccncc1C)Cn1c-2c(C2CCCCC2)c2ccc(C(=O)NS(=O)(=O)C(C)C)cc21. The molecule has 2 atom stereocenters. The lowest BCUT2D eigenvalue weighted by Gasteiger charge is -2.35. The quantitative estimate of drug-likeness (QED) is 0.170. The number of aromatic nitrogens is 4. The van der Waals surface area contributed by atoms with Crippen molar-refractivity contribution >= 4 is 44.4 Å². The molecule has 8 rings (SSSR count). The van der Waals surface area contributed by atoms with Crippen molar-refractivity contribution in [3.05, 3.63) is 94.6 Å². The number of pyridine rings is 1. The van der Waals surface area contributed by atoms with E-state index in [1.54, 1.807) is 45.6 Å². The van der Waals surface area contributed by atoms with Crippen LogP contribution in [0.15, 0.2) is 61.1 Å². The molecular weight excluding hydrogens is 741 g/mol. The zero-order chi connectivity index (χ0) is 40.2. The highest BCUT2D eigenvalue weighted by Crippen LogP contribution is 2.48. The molecule has 2 aliphatic heterocycles. The molecule has 2 amide bonds. The molecule has 0 spiro atoms. The highest BCUT2D eigenvalue weighted by molar-refractivity contribution is 7.90. The van der Waals surface area contributed by atoms with Crippen LogP contribution in [0.5, 0.6) is 5.75 Å². The minimum absolute atomic E-state index is 0.121. The number of aryl methyl sites for hydroxylation is 1. The number of hydrogen-bond acceptors (Lipinski definition) is 8. The lowest BCUT2D eigenvalue weighted by Crippen LogP contribution is -2.48. The Morgan fingerprint density at radius 1 is 0.965 bits per heavy atom. The third-order valence-corrected chi connectivity index (χ3v) is 13.3. The number of nitrogens with zero attached hydrogens (tertiary/aromatic N) is 5. The molecule has 3 aromatic heterocycles. The Bertz CT molecular complexity index is 2520. The molecule has 1 aliphatic carbocycles. The van der Waals surface area contributed by atoms with E-state index in [-0.39, 0.29) is 29.6 Å². The van der Waals surface area contributed by atoms with E-state index in [4.69, 9.17) is 14.6 Å². The average molecular weight is 791 g/mol. The van der Waals surface area contributed by atoms with Crippen LogP contribution in [0.2, 0.25) is 0 Å². The molecule has 0 radical (unpaired) electrons. The minimum atomic E-state index is -3.87. The Balaban J connectivity index is 1.39. The lowest BCUT2D eigenvalue weighted by molar-refractivity contribution is -0.0586. The number of benzene rings is 2. The molecule has 3 aliphatic rings. The molecule has 2 fully saturated rings. The van der Waals surface area contributed by atoms with Gasteiger partial charge in [0.1, 0.15) is 5.75 Å². The standard InChI is InChI=1S/C44H50N6O6S/c1-26(2)57(53,54)47-43(51)31-12-14-36-39(20-31)49-25-33(18-32-19-34(55-6)13-15-35(32)42(49)40(36)30-10-8-7-9-11-30)41-37(44(52)48-23-28(4)56-29(5)24-48)22-46-50(41)38-16-17-45-21-27(38)3/h12-22,26,28-30H,7-11,23-25H2,1-6H3,(H,47,51)/t28-,29+. The second-order valence-corrected chi connectivity index (χ2v) is 18.2. The summed E-state index contributed by atoms with van der Waals surface area (Å²) in [7, 11) is -2.21. The van der Waals surface area contributed by atoms with Gasteiger partial charge in [0.15, 0.2) is 0 Å². The second-order valence-electron chi connectivity index (χ2n) is 16.0. The maximum Gasteiger partial charge on any atom is 0.264 e. The van der Waals surface area contributed by atoms with Crippen molar-refractivity contribution in [1.29, 1.82) is 0 Å². The number of fused-ring (bicyclic) bond motifs is 5. The van der Waals surface area contributed by atoms with Gasteiger partial charge < -0.3 is 18.9 Å². The summed E-state index contributed by atoms with van der Waals surface area (Å²) in [6.45, 7) is 10.3. The number of carbonyl (C=O) groups is 2. The Morgan fingerprint density at radius 3 is 2.42 bits per heavy atom. The number of morpholine rings is 1. The Labute approximate surface area is 333 Å². The van der Waals surface area contributed by atoms with Gasteiger partial charge in [0.2, 0.25) is 10.0 Å². The van der Waals surface area contributed by atoms with E-state index in [1.165, 1.54) is 12.0 Å². The molecule has 1 N–H and O–H groups in total. The number of methoxy groups -OCH3 is 1. The highest BCUT2D eigenvalue weighted by Gasteiger charge is 2.34. The molecule has 13 heteroatoms. The van der Waals surface area contributed by atoms with Gasteiger partial charge in [-0.3, -0.25) is 14.6 Å². The fourth-order valence-electron chi connectivity index (χ4n) is 8.85. The molecule has 2 aromatic carbocycles. The normalized spacial score (nSPS) is 18.9. The van der Waals surface area contributed by atoms with Gasteiger partial charge >= 0.3 is 0 Å². The Kier molecular flexibility index (Phi) is 10.3. The van der Waals surface area contributed by atoms with Crippen molar-refractivity contribution in [2.45, 2.75) is 96.6 Å². The molecule has 5 heterocycles. The first-order chi connectivity index (χ1) is 27.3. The van der Waals surface area contributed by atoms with Gasteiger partial charge in [-0.05, 0) is 118 Å². The van der Waals surface area contributed by atoms with Crippen molar-refractivity contribution < 1.29 is 27.5 Å². The number of nitrogens with one attached hydrogen (secondary N) is 1. The topological polar surface area (TPSA) is 138 Å². The molecule has 5 aromatic rings. The zero-order valence-corrected chi connectivity index (χ0v) is 34.2. The molecule has 298 valence electrons. The first-order valence-electron chi connectivity index (χ1n) is 19.9. The number of hydrogen-bond donors (Lipinski definition) is 1. The van der Waals surface area contributed by atoms with E-state index < -0.39 is 21.2 Å². The average Bonchev–Trinajstić information content (AvgIpc) is 3.71. The van der Waals surface area contributed by atoms with Crippen molar-refractivity contribution in [3.63, 3.8) is 0 Å². The van der Waals surface area contributed by atoms with E-state index in [1.807, 2.05) is 60.7 Å². The van der Waals surface area contributed by atoms with E-state index in [9.17, 15) is 18.0 Å². The third kappa shape index (κ3) is 7.16. The van der Waals surface area contributed by atoms with Gasteiger partial charge in [-0.15, -0.1) is 0 Å². The number of allylic oxidation sites excluding steroid dienone is 1. The smallest absolute Gasteiger partial charge is 0.264 e. The molecule has 0 bridgehead atoms. The number of carbonyl (C=O) groups excluding carboxylic acids is 2. The first-order valence-corrected chi connectivity index (χ1v) is 21.4. The van der Waals surface area contributed by atoms with Crippen LogP contribution in [0.4, 0.5) is 0 Å². The zero-order valence-electron chi connectivity index (χ0n) is 33.4. The van der Waals surface area contributed by atoms with Gasteiger partial charge in [0, 0.05) is 47.5 Å². The number of ether oxygens (including phenoxy) is 2. The van der Waals surface area contributed by atoms with Gasteiger partial charge in [-0.1, -0.05) is 25.3 Å². The fraction of sp³-hybridized carbons (Fsp3) is 0.409. The van der Waals surface area contributed by atoms with Crippen molar-refractivity contribution in [2.75, 3.05) is 20.2 Å². The summed E-state index contributed by atoms with van der Waals surface area (Å²) < 4.78 is 43.8. The van der Waals surface area contributed by atoms with Crippen LogP contribution in [0.1, 0.15) is 109 Å². The summed E-state index contributed by atoms with van der Waals surface area (Å²) in [6, 6.07) is 13.5. The molecule has 1 saturated heterocycles. The summed E-state index contributed by atoms with van der Waals surface area (Å²) in [5, 5.41) is 5.15. The van der Waals surface area contributed by atoms with E-state index in [2.05, 4.69) is 26.4 Å². The van der Waals surface area contributed by atoms with Crippen LogP contribution in [0, 0.1) is 6.92 Å². The van der Waals surface area contributed by atoms with Crippen LogP contribution >= 0.6 is 0 Å². The van der Waals surface area contributed by atoms with Gasteiger partial charge in [-0.25, -0.2) is 17.8 Å². The number of sulfonamides is 1. The number of rotatable bonds is 8. The molecule has 12 nitrogen and oxygen atoms in total. The Morgan fingerprint density at radius 2 is 1.72 bits per heavy atom. The largest absolute Gasteiger partial charge is 0.497 e. The summed E-state index contributed by atoms with van der Waals surface area (Å²) in [6.07, 6.45) is 12.6. The van der Waals surface area contributed by atoms with E-state index in [0.717, 1.165) is 70.2 Å². The summed E-state index contributed by atoms with van der Waals surface area (Å²) in [4.78, 5) is 34.5. The van der Waals surface area contributed by atoms with Crippen molar-refractivity contribution in [2.24, 2.45) is 0 Å². The molecule has 0 unspecified atom stereocenters. The lowest BCUT2D eigenvalue weighted by atomic mass is 9.81. The number of amides is 2.